The Morgan fingerprint density at radius 3 is 2.66 bits per heavy atom. The monoisotopic (exact) mass is 495 g/mol. The fourth-order valence-corrected chi connectivity index (χ4v) is 4.46. The van der Waals surface area contributed by atoms with Crippen molar-refractivity contribution in [2.75, 3.05) is 13.2 Å². The largest absolute Gasteiger partial charge is 0.375 e. The molecule has 3 aromatic rings. The van der Waals surface area contributed by atoms with E-state index >= 15 is 0 Å². The fourth-order valence-electron chi connectivity index (χ4n) is 4.34. The number of halogens is 1. The van der Waals surface area contributed by atoms with Crippen LogP contribution in [0.15, 0.2) is 65.2 Å². The molecule has 0 spiro atoms. The van der Waals surface area contributed by atoms with Gasteiger partial charge in [0, 0.05) is 17.6 Å². The van der Waals surface area contributed by atoms with Gasteiger partial charge in [0.05, 0.1) is 31.4 Å². The molecule has 1 aliphatic heterocycles. The maximum Gasteiger partial charge on any atom is 0.243 e. The van der Waals surface area contributed by atoms with Crippen molar-refractivity contribution in [1.29, 1.82) is 0 Å². The molecule has 0 radical (unpaired) electrons. The summed E-state index contributed by atoms with van der Waals surface area (Å²) >= 11 is 6.03. The molecule has 2 heterocycles. The summed E-state index contributed by atoms with van der Waals surface area (Å²) in [5, 5.41) is 7.64. The van der Waals surface area contributed by atoms with Crippen LogP contribution < -0.4 is 5.32 Å². The first-order valence-corrected chi connectivity index (χ1v) is 12.2. The van der Waals surface area contributed by atoms with Crippen molar-refractivity contribution in [3.05, 3.63) is 88.3 Å². The molecular weight excluding hydrogens is 466 g/mol. The number of ether oxygens (including phenoxy) is 1. The summed E-state index contributed by atoms with van der Waals surface area (Å²) in [6.07, 6.45) is 2.10. The highest BCUT2D eigenvalue weighted by atomic mass is 35.5. The Labute approximate surface area is 210 Å². The van der Waals surface area contributed by atoms with Crippen molar-refractivity contribution in [2.45, 2.75) is 51.3 Å². The van der Waals surface area contributed by atoms with E-state index in [1.54, 1.807) is 11.0 Å². The zero-order chi connectivity index (χ0) is 24.6. The third-order valence-electron chi connectivity index (χ3n) is 6.05. The zero-order valence-corrected chi connectivity index (χ0v) is 20.5. The van der Waals surface area contributed by atoms with Crippen LogP contribution >= 0.6 is 11.6 Å². The van der Waals surface area contributed by atoms with Crippen LogP contribution in [0, 0.1) is 6.92 Å². The number of benzene rings is 2. The fraction of sp³-hybridized carbons (Fsp3) is 0.370. The van der Waals surface area contributed by atoms with Gasteiger partial charge in [0.25, 0.3) is 0 Å². The number of carbonyl (C=O) groups excluding carboxylic acids is 2. The van der Waals surface area contributed by atoms with E-state index in [0.29, 0.717) is 43.4 Å². The summed E-state index contributed by atoms with van der Waals surface area (Å²) in [6, 6.07) is 18.5. The van der Waals surface area contributed by atoms with Crippen molar-refractivity contribution in [2.24, 2.45) is 0 Å². The molecule has 2 atom stereocenters. The average molecular weight is 496 g/mol. The molecule has 1 fully saturated rings. The standard InChI is InChI=1S/C27H30ClN3O4/c1-19-14-24(35-30-19)16-26(32)31-13-5-8-25(31)27(33)29-23(15-20-9-11-22(28)12-10-20)18-34-17-21-6-3-2-4-7-21/h2-4,6-7,9-12,14,23,25H,5,8,13,15-18H2,1H3,(H,29,33). The van der Waals surface area contributed by atoms with Crippen molar-refractivity contribution < 1.29 is 18.8 Å². The lowest BCUT2D eigenvalue weighted by Crippen LogP contribution is -2.50. The molecule has 2 amide bonds. The third-order valence-corrected chi connectivity index (χ3v) is 6.30. The number of hydrogen-bond donors (Lipinski definition) is 1. The SMILES string of the molecule is Cc1cc(CC(=O)N2CCCC2C(=O)NC(COCc2ccccc2)Cc2ccc(Cl)cc2)on1. The van der Waals surface area contributed by atoms with E-state index in [9.17, 15) is 9.59 Å². The van der Waals surface area contributed by atoms with Gasteiger partial charge in [-0.15, -0.1) is 0 Å². The van der Waals surface area contributed by atoms with E-state index in [0.717, 1.165) is 23.2 Å². The summed E-state index contributed by atoms with van der Waals surface area (Å²) in [6.45, 7) is 3.17. The number of aromatic nitrogens is 1. The number of rotatable bonds is 10. The molecule has 184 valence electrons. The van der Waals surface area contributed by atoms with Gasteiger partial charge < -0.3 is 19.5 Å². The molecule has 1 aromatic heterocycles. The number of amides is 2. The molecule has 8 heteroatoms. The van der Waals surface area contributed by atoms with Gasteiger partial charge in [-0.25, -0.2) is 0 Å². The number of nitrogens with one attached hydrogen (secondary N) is 1. The summed E-state index contributed by atoms with van der Waals surface area (Å²) in [7, 11) is 0. The van der Waals surface area contributed by atoms with E-state index in [1.165, 1.54) is 0 Å². The molecule has 1 N–H and O–H groups in total. The Bertz CT molecular complexity index is 1120. The van der Waals surface area contributed by atoms with Crippen LogP contribution in [-0.2, 0) is 33.8 Å². The molecule has 1 aliphatic rings. The summed E-state index contributed by atoms with van der Waals surface area (Å²) in [4.78, 5) is 27.8. The zero-order valence-electron chi connectivity index (χ0n) is 19.8. The summed E-state index contributed by atoms with van der Waals surface area (Å²) in [5.41, 5.74) is 2.84. The average Bonchev–Trinajstić information content (AvgIpc) is 3.50. The maximum atomic E-state index is 13.3. The van der Waals surface area contributed by atoms with E-state index in [-0.39, 0.29) is 24.3 Å². The van der Waals surface area contributed by atoms with E-state index in [4.69, 9.17) is 20.9 Å². The first-order valence-electron chi connectivity index (χ1n) is 11.9. The van der Waals surface area contributed by atoms with Gasteiger partial charge in [-0.3, -0.25) is 9.59 Å². The second-order valence-corrected chi connectivity index (χ2v) is 9.33. The van der Waals surface area contributed by atoms with Crippen LogP contribution in [-0.4, -0.2) is 47.1 Å². The van der Waals surface area contributed by atoms with E-state index in [1.807, 2.05) is 61.5 Å². The molecule has 35 heavy (non-hydrogen) atoms. The normalized spacial score (nSPS) is 16.3. The predicted molar refractivity (Wildman–Crippen MR) is 133 cm³/mol. The van der Waals surface area contributed by atoms with E-state index < -0.39 is 6.04 Å². The molecular formula is C27H30ClN3O4. The highest BCUT2D eigenvalue weighted by Gasteiger charge is 2.35. The van der Waals surface area contributed by atoms with Crippen LogP contribution in [0.5, 0.6) is 0 Å². The molecule has 7 nitrogen and oxygen atoms in total. The Hall–Kier alpha value is -3.16. The van der Waals surface area contributed by atoms with Crippen LogP contribution in [0.25, 0.3) is 0 Å². The van der Waals surface area contributed by atoms with Crippen LogP contribution in [0.1, 0.15) is 35.4 Å². The number of hydrogen-bond acceptors (Lipinski definition) is 5. The van der Waals surface area contributed by atoms with Gasteiger partial charge in [-0.2, -0.15) is 0 Å². The molecule has 2 unspecified atom stereocenters. The lowest BCUT2D eigenvalue weighted by molar-refractivity contribution is -0.138. The lowest BCUT2D eigenvalue weighted by atomic mass is 10.1. The van der Waals surface area contributed by atoms with Gasteiger partial charge >= 0.3 is 0 Å². The van der Waals surface area contributed by atoms with Gasteiger partial charge in [0.15, 0.2) is 0 Å². The number of likely N-dealkylation sites (tertiary alicyclic amines) is 1. The van der Waals surface area contributed by atoms with Gasteiger partial charge in [-0.1, -0.05) is 59.2 Å². The Kier molecular flexibility index (Phi) is 8.55. The first-order chi connectivity index (χ1) is 17.0. The smallest absolute Gasteiger partial charge is 0.243 e. The van der Waals surface area contributed by atoms with Crippen molar-refractivity contribution in [1.82, 2.24) is 15.4 Å². The Morgan fingerprint density at radius 2 is 1.94 bits per heavy atom. The molecule has 4 rings (SSSR count). The number of nitrogens with zero attached hydrogens (tertiary/aromatic N) is 2. The van der Waals surface area contributed by atoms with Crippen LogP contribution in [0.3, 0.4) is 0 Å². The third kappa shape index (κ3) is 7.16. The van der Waals surface area contributed by atoms with Gasteiger partial charge in [0.2, 0.25) is 11.8 Å². The molecule has 0 aliphatic carbocycles. The molecule has 0 bridgehead atoms. The van der Waals surface area contributed by atoms with Crippen molar-refractivity contribution in [3.8, 4) is 0 Å². The first kappa shape index (κ1) is 24.9. The Balaban J connectivity index is 1.39. The predicted octanol–water partition coefficient (Wildman–Crippen LogP) is 4.11. The summed E-state index contributed by atoms with van der Waals surface area (Å²) in [5.74, 6) is 0.216. The van der Waals surface area contributed by atoms with Gasteiger partial charge in [0.1, 0.15) is 11.8 Å². The summed E-state index contributed by atoms with van der Waals surface area (Å²) < 4.78 is 11.1. The second kappa shape index (κ2) is 12.0. The minimum absolute atomic E-state index is 0.0962. The minimum atomic E-state index is -0.506. The highest BCUT2D eigenvalue weighted by molar-refractivity contribution is 6.30. The molecule has 2 aromatic carbocycles. The highest BCUT2D eigenvalue weighted by Crippen LogP contribution is 2.20. The number of carbonyl (C=O) groups is 2. The van der Waals surface area contributed by atoms with Crippen molar-refractivity contribution in [3.63, 3.8) is 0 Å². The molecule has 1 saturated heterocycles. The number of aryl methyl sites for hydroxylation is 1. The van der Waals surface area contributed by atoms with Gasteiger partial charge in [-0.05, 0) is 49.4 Å². The molecule has 0 saturated carbocycles. The quantitative estimate of drug-likeness (QED) is 0.457. The Morgan fingerprint density at radius 1 is 1.17 bits per heavy atom. The minimum Gasteiger partial charge on any atom is -0.375 e. The maximum absolute atomic E-state index is 13.3. The van der Waals surface area contributed by atoms with Crippen LogP contribution in [0.4, 0.5) is 0 Å². The second-order valence-electron chi connectivity index (χ2n) is 8.89. The van der Waals surface area contributed by atoms with Crippen molar-refractivity contribution >= 4 is 23.4 Å². The lowest BCUT2D eigenvalue weighted by Gasteiger charge is -2.26. The topological polar surface area (TPSA) is 84.7 Å². The van der Waals surface area contributed by atoms with E-state index in [2.05, 4.69) is 10.5 Å². The van der Waals surface area contributed by atoms with Crippen LogP contribution in [0.2, 0.25) is 5.02 Å².